The highest BCUT2D eigenvalue weighted by Gasteiger charge is 2.10. The molecule has 0 radical (unpaired) electrons. The third-order valence-electron chi connectivity index (χ3n) is 3.10. The first-order valence-corrected chi connectivity index (χ1v) is 7.21. The second-order valence-electron chi connectivity index (χ2n) is 4.48. The minimum absolute atomic E-state index is 0.101. The summed E-state index contributed by atoms with van der Waals surface area (Å²) < 4.78 is 7.41. The number of ether oxygens (including phenoxy) is 1. The summed E-state index contributed by atoms with van der Waals surface area (Å²) in [7, 11) is 1.37. The van der Waals surface area contributed by atoms with Gasteiger partial charge in [-0.2, -0.15) is 0 Å². The van der Waals surface area contributed by atoms with Crippen LogP contribution in [0, 0.1) is 5.41 Å². The van der Waals surface area contributed by atoms with Gasteiger partial charge in [-0.15, -0.1) is 0 Å². The first-order chi connectivity index (χ1) is 9.15. The van der Waals surface area contributed by atoms with E-state index in [1.165, 1.54) is 36.9 Å². The van der Waals surface area contributed by atoms with Gasteiger partial charge in [0.2, 0.25) is 0 Å². The van der Waals surface area contributed by atoms with Crippen LogP contribution in [-0.2, 0) is 22.5 Å². The highest BCUT2D eigenvalue weighted by molar-refractivity contribution is 7.16. The molecule has 0 spiro atoms. The quantitative estimate of drug-likeness (QED) is 0.855. The lowest BCUT2D eigenvalue weighted by Crippen LogP contribution is -2.20. The van der Waals surface area contributed by atoms with Crippen molar-refractivity contribution in [1.82, 2.24) is 4.57 Å². The highest BCUT2D eigenvalue weighted by Crippen LogP contribution is 2.20. The number of methoxy groups -OCH3 is 1. The Hall–Kier alpha value is -1.62. The molecule has 1 heterocycles. The number of esters is 1. The number of aryl methyl sites for hydroxylation is 1. The van der Waals surface area contributed by atoms with Crippen molar-refractivity contribution in [3.63, 3.8) is 0 Å². The monoisotopic (exact) mass is 278 g/mol. The molecule has 102 valence electrons. The molecular formula is C14H18N2O2S. The van der Waals surface area contributed by atoms with Crippen LogP contribution in [0.2, 0.25) is 0 Å². The molecule has 2 aromatic rings. The highest BCUT2D eigenvalue weighted by atomic mass is 32.1. The first-order valence-electron chi connectivity index (χ1n) is 6.39. The van der Waals surface area contributed by atoms with Crippen LogP contribution in [0.5, 0.6) is 0 Å². The molecule has 0 aliphatic carbocycles. The van der Waals surface area contributed by atoms with E-state index in [1.54, 1.807) is 4.57 Å². The van der Waals surface area contributed by atoms with E-state index in [-0.39, 0.29) is 12.5 Å². The fourth-order valence-corrected chi connectivity index (χ4v) is 2.99. The molecule has 0 atom stereocenters. The smallest absolute Gasteiger partial charge is 0.325 e. The maximum Gasteiger partial charge on any atom is 0.325 e. The Labute approximate surface area is 116 Å². The molecule has 4 nitrogen and oxygen atoms in total. The summed E-state index contributed by atoms with van der Waals surface area (Å²) in [5, 5.41) is 7.95. The van der Waals surface area contributed by atoms with Crippen LogP contribution in [-0.4, -0.2) is 17.6 Å². The Balaban J connectivity index is 2.36. The first kappa shape index (κ1) is 13.8. The van der Waals surface area contributed by atoms with E-state index in [2.05, 4.69) is 23.8 Å². The van der Waals surface area contributed by atoms with E-state index in [0.29, 0.717) is 4.80 Å². The molecule has 2 rings (SSSR count). The molecule has 0 aliphatic rings. The van der Waals surface area contributed by atoms with Gasteiger partial charge in [-0.25, -0.2) is 0 Å². The van der Waals surface area contributed by atoms with Crippen molar-refractivity contribution >= 4 is 27.5 Å². The molecule has 0 amide bonds. The lowest BCUT2D eigenvalue weighted by Gasteiger charge is -2.04. The Morgan fingerprint density at radius 1 is 1.47 bits per heavy atom. The number of carbonyl (C=O) groups excluding carboxylic acids is 1. The van der Waals surface area contributed by atoms with Gasteiger partial charge < -0.3 is 9.30 Å². The fourth-order valence-electron chi connectivity index (χ4n) is 2.02. The van der Waals surface area contributed by atoms with Crippen molar-refractivity contribution in [1.29, 1.82) is 5.41 Å². The number of thiazole rings is 1. The Morgan fingerprint density at radius 3 is 2.95 bits per heavy atom. The van der Waals surface area contributed by atoms with E-state index in [9.17, 15) is 4.79 Å². The summed E-state index contributed by atoms with van der Waals surface area (Å²) in [4.78, 5) is 11.7. The third-order valence-corrected chi connectivity index (χ3v) is 4.06. The van der Waals surface area contributed by atoms with Gasteiger partial charge >= 0.3 is 5.97 Å². The average Bonchev–Trinajstić information content (AvgIpc) is 2.72. The lowest BCUT2D eigenvalue weighted by atomic mass is 10.1. The topological polar surface area (TPSA) is 55.1 Å². The van der Waals surface area contributed by atoms with Gasteiger partial charge in [0.25, 0.3) is 0 Å². The molecule has 5 heteroatoms. The SMILES string of the molecule is CCCCc1ccc2c(c1)sc(=N)n2CC(=O)OC. The second kappa shape index (κ2) is 6.02. The van der Waals surface area contributed by atoms with Gasteiger partial charge in [0.1, 0.15) is 6.54 Å². The summed E-state index contributed by atoms with van der Waals surface area (Å²) in [6.45, 7) is 2.28. The number of hydrogen-bond acceptors (Lipinski definition) is 4. The zero-order chi connectivity index (χ0) is 13.8. The molecule has 1 aromatic heterocycles. The van der Waals surface area contributed by atoms with Crippen LogP contribution in [0.25, 0.3) is 10.2 Å². The van der Waals surface area contributed by atoms with E-state index >= 15 is 0 Å². The number of benzene rings is 1. The molecule has 19 heavy (non-hydrogen) atoms. The number of unbranched alkanes of at least 4 members (excludes halogenated alkanes) is 1. The fraction of sp³-hybridized carbons (Fsp3) is 0.429. The molecule has 0 saturated heterocycles. The van der Waals surface area contributed by atoms with Crippen molar-refractivity contribution in [2.24, 2.45) is 0 Å². The predicted octanol–water partition coefficient (Wildman–Crippen LogP) is 2.70. The minimum atomic E-state index is -0.326. The maximum absolute atomic E-state index is 11.4. The zero-order valence-electron chi connectivity index (χ0n) is 11.2. The summed E-state index contributed by atoms with van der Waals surface area (Å²) in [5.41, 5.74) is 2.22. The predicted molar refractivity (Wildman–Crippen MR) is 76.3 cm³/mol. The standard InChI is InChI=1S/C14H18N2O2S/c1-3-4-5-10-6-7-11-12(8-10)19-14(15)16(11)9-13(17)18-2/h6-8,15H,3-5,9H2,1-2H3. The van der Waals surface area contributed by atoms with Crippen molar-refractivity contribution in [3.05, 3.63) is 28.6 Å². The molecule has 0 aliphatic heterocycles. The molecule has 0 saturated carbocycles. The van der Waals surface area contributed by atoms with Gasteiger partial charge in [-0.1, -0.05) is 30.7 Å². The van der Waals surface area contributed by atoms with Gasteiger partial charge in [0.05, 0.1) is 17.3 Å². The van der Waals surface area contributed by atoms with Gasteiger partial charge in [-0.05, 0) is 30.5 Å². The molecule has 0 fully saturated rings. The number of aromatic nitrogens is 1. The largest absolute Gasteiger partial charge is 0.468 e. The average molecular weight is 278 g/mol. The summed E-state index contributed by atoms with van der Waals surface area (Å²) in [6, 6.07) is 6.21. The van der Waals surface area contributed by atoms with Crippen LogP contribution in [0.4, 0.5) is 0 Å². The number of nitrogens with zero attached hydrogens (tertiary/aromatic N) is 1. The number of carbonyl (C=O) groups is 1. The van der Waals surface area contributed by atoms with Crippen LogP contribution in [0.3, 0.4) is 0 Å². The van der Waals surface area contributed by atoms with Crippen molar-refractivity contribution in [3.8, 4) is 0 Å². The summed E-state index contributed by atoms with van der Waals surface area (Å²) in [5.74, 6) is -0.326. The van der Waals surface area contributed by atoms with Crippen molar-refractivity contribution < 1.29 is 9.53 Å². The Morgan fingerprint density at radius 2 is 2.26 bits per heavy atom. The van der Waals surface area contributed by atoms with Gasteiger partial charge in [0.15, 0.2) is 4.80 Å². The Bertz CT molecular complexity index is 642. The maximum atomic E-state index is 11.4. The molecular weight excluding hydrogens is 260 g/mol. The van der Waals surface area contributed by atoms with E-state index in [4.69, 9.17) is 5.41 Å². The van der Waals surface area contributed by atoms with E-state index in [1.807, 2.05) is 6.07 Å². The zero-order valence-corrected chi connectivity index (χ0v) is 12.0. The van der Waals surface area contributed by atoms with Crippen LogP contribution < -0.4 is 4.80 Å². The van der Waals surface area contributed by atoms with E-state index in [0.717, 1.165) is 16.6 Å². The number of nitrogens with one attached hydrogen (secondary N) is 1. The lowest BCUT2D eigenvalue weighted by molar-refractivity contribution is -0.141. The normalized spacial score (nSPS) is 10.8. The second-order valence-corrected chi connectivity index (χ2v) is 5.51. The molecule has 1 aromatic carbocycles. The van der Waals surface area contributed by atoms with Crippen molar-refractivity contribution in [2.45, 2.75) is 32.7 Å². The van der Waals surface area contributed by atoms with Crippen LogP contribution >= 0.6 is 11.3 Å². The van der Waals surface area contributed by atoms with Crippen LogP contribution in [0.1, 0.15) is 25.3 Å². The van der Waals surface area contributed by atoms with Gasteiger partial charge in [-0.3, -0.25) is 10.2 Å². The molecule has 1 N–H and O–H groups in total. The third kappa shape index (κ3) is 3.04. The molecule has 0 unspecified atom stereocenters. The summed E-state index contributed by atoms with van der Waals surface area (Å²) in [6.07, 6.45) is 3.41. The minimum Gasteiger partial charge on any atom is -0.468 e. The summed E-state index contributed by atoms with van der Waals surface area (Å²) >= 11 is 1.40. The van der Waals surface area contributed by atoms with Gasteiger partial charge in [0, 0.05) is 0 Å². The van der Waals surface area contributed by atoms with Crippen molar-refractivity contribution in [2.75, 3.05) is 7.11 Å². The number of fused-ring (bicyclic) bond motifs is 1. The Kier molecular flexibility index (Phi) is 4.37. The van der Waals surface area contributed by atoms with Crippen LogP contribution in [0.15, 0.2) is 18.2 Å². The van der Waals surface area contributed by atoms with E-state index < -0.39 is 0 Å². The number of rotatable bonds is 5. The molecule has 0 bridgehead atoms. The number of hydrogen-bond donors (Lipinski definition) is 1.